The van der Waals surface area contributed by atoms with E-state index in [9.17, 15) is 4.79 Å². The normalized spacial score (nSPS) is 35.5. The number of nitrogens with two attached hydrogens (primary N) is 1. The molecule has 1 saturated carbocycles. The first-order valence-electron chi connectivity index (χ1n) is 6.57. The Labute approximate surface area is 103 Å². The quantitative estimate of drug-likeness (QED) is 0.720. The molecule has 1 heterocycles. The van der Waals surface area contributed by atoms with E-state index in [2.05, 4.69) is 12.3 Å². The highest BCUT2D eigenvalue weighted by Crippen LogP contribution is 2.29. The SMILES string of the molecule is CC1CCCC(N)C1C(=O)NN1CCOCC1. The smallest absolute Gasteiger partial charge is 0.239 e. The number of nitrogens with one attached hydrogen (secondary N) is 1. The van der Waals surface area contributed by atoms with Crippen LogP contribution >= 0.6 is 0 Å². The highest BCUT2D eigenvalue weighted by Gasteiger charge is 2.34. The molecule has 1 saturated heterocycles. The van der Waals surface area contributed by atoms with Gasteiger partial charge in [-0.25, -0.2) is 5.01 Å². The predicted molar refractivity (Wildman–Crippen MR) is 65.0 cm³/mol. The monoisotopic (exact) mass is 241 g/mol. The van der Waals surface area contributed by atoms with Crippen LogP contribution in [-0.4, -0.2) is 43.3 Å². The number of hydrazine groups is 1. The summed E-state index contributed by atoms with van der Waals surface area (Å²) in [6, 6.07) is 0.0137. The molecular formula is C12H23N3O2. The number of nitrogens with zero attached hydrogens (tertiary/aromatic N) is 1. The summed E-state index contributed by atoms with van der Waals surface area (Å²) in [4.78, 5) is 12.2. The molecule has 0 aromatic rings. The molecule has 0 bridgehead atoms. The van der Waals surface area contributed by atoms with Gasteiger partial charge in [-0.1, -0.05) is 13.3 Å². The molecule has 17 heavy (non-hydrogen) atoms. The van der Waals surface area contributed by atoms with Crippen LogP contribution in [-0.2, 0) is 9.53 Å². The van der Waals surface area contributed by atoms with Crippen LogP contribution in [0.25, 0.3) is 0 Å². The molecule has 0 aromatic carbocycles. The third-order valence-corrected chi connectivity index (χ3v) is 3.85. The van der Waals surface area contributed by atoms with Gasteiger partial charge >= 0.3 is 0 Å². The Morgan fingerprint density at radius 3 is 2.71 bits per heavy atom. The lowest BCUT2D eigenvalue weighted by Gasteiger charge is -2.35. The Bertz CT molecular complexity index is 256. The molecule has 5 heteroatoms. The fourth-order valence-corrected chi connectivity index (χ4v) is 2.82. The first-order chi connectivity index (χ1) is 8.18. The summed E-state index contributed by atoms with van der Waals surface area (Å²) in [6.45, 7) is 5.03. The van der Waals surface area contributed by atoms with E-state index in [1.807, 2.05) is 5.01 Å². The number of carbonyl (C=O) groups is 1. The molecule has 2 fully saturated rings. The van der Waals surface area contributed by atoms with Crippen molar-refractivity contribution in [2.45, 2.75) is 32.2 Å². The number of hydrogen-bond acceptors (Lipinski definition) is 4. The summed E-state index contributed by atoms with van der Waals surface area (Å²) >= 11 is 0. The molecule has 5 nitrogen and oxygen atoms in total. The summed E-state index contributed by atoms with van der Waals surface area (Å²) in [7, 11) is 0. The van der Waals surface area contributed by atoms with Crippen molar-refractivity contribution in [3.8, 4) is 0 Å². The number of morpholine rings is 1. The molecule has 3 N–H and O–H groups in total. The summed E-state index contributed by atoms with van der Waals surface area (Å²) in [6.07, 6.45) is 3.21. The van der Waals surface area contributed by atoms with Crippen LogP contribution in [0.5, 0.6) is 0 Å². The van der Waals surface area contributed by atoms with E-state index in [0.29, 0.717) is 19.1 Å². The number of hydrogen-bond donors (Lipinski definition) is 2. The highest BCUT2D eigenvalue weighted by atomic mass is 16.5. The van der Waals surface area contributed by atoms with Gasteiger partial charge in [-0.05, 0) is 18.8 Å². The average molecular weight is 241 g/mol. The summed E-state index contributed by atoms with van der Waals surface area (Å²) in [5.74, 6) is 0.443. The van der Waals surface area contributed by atoms with Crippen LogP contribution in [0.4, 0.5) is 0 Å². The van der Waals surface area contributed by atoms with Crippen molar-refractivity contribution in [2.24, 2.45) is 17.6 Å². The van der Waals surface area contributed by atoms with Crippen molar-refractivity contribution in [3.05, 3.63) is 0 Å². The molecule has 3 unspecified atom stereocenters. The van der Waals surface area contributed by atoms with E-state index in [1.165, 1.54) is 0 Å². The maximum absolute atomic E-state index is 12.2. The standard InChI is InChI=1S/C12H23N3O2/c1-9-3-2-4-10(13)11(9)12(16)14-15-5-7-17-8-6-15/h9-11H,2-8,13H2,1H3,(H,14,16). The molecular weight excluding hydrogens is 218 g/mol. The van der Waals surface area contributed by atoms with Crippen molar-refractivity contribution in [2.75, 3.05) is 26.3 Å². The second kappa shape index (κ2) is 5.80. The van der Waals surface area contributed by atoms with E-state index in [4.69, 9.17) is 10.5 Å². The van der Waals surface area contributed by atoms with Crippen LogP contribution in [0.2, 0.25) is 0 Å². The van der Waals surface area contributed by atoms with Gasteiger partial charge in [0.25, 0.3) is 0 Å². The van der Waals surface area contributed by atoms with Gasteiger partial charge in [0, 0.05) is 19.1 Å². The van der Waals surface area contributed by atoms with Crippen molar-refractivity contribution in [1.82, 2.24) is 10.4 Å². The van der Waals surface area contributed by atoms with Crippen LogP contribution in [0, 0.1) is 11.8 Å². The Balaban J connectivity index is 1.88. The zero-order valence-electron chi connectivity index (χ0n) is 10.5. The zero-order valence-corrected chi connectivity index (χ0v) is 10.5. The van der Waals surface area contributed by atoms with Crippen LogP contribution in [0.3, 0.4) is 0 Å². The van der Waals surface area contributed by atoms with Crippen molar-refractivity contribution < 1.29 is 9.53 Å². The molecule has 2 rings (SSSR count). The summed E-state index contributed by atoms with van der Waals surface area (Å²) < 4.78 is 5.25. The Morgan fingerprint density at radius 2 is 2.06 bits per heavy atom. The van der Waals surface area contributed by atoms with Gasteiger partial charge < -0.3 is 10.5 Å². The number of amides is 1. The minimum atomic E-state index is -0.0356. The lowest BCUT2D eigenvalue weighted by molar-refractivity contribution is -0.135. The molecule has 1 aliphatic heterocycles. The second-order valence-electron chi connectivity index (χ2n) is 5.17. The van der Waals surface area contributed by atoms with Gasteiger partial charge in [0.1, 0.15) is 0 Å². The molecule has 3 atom stereocenters. The van der Waals surface area contributed by atoms with Gasteiger partial charge in [-0.3, -0.25) is 10.2 Å². The van der Waals surface area contributed by atoms with E-state index in [0.717, 1.165) is 32.4 Å². The van der Waals surface area contributed by atoms with Crippen LogP contribution in [0.1, 0.15) is 26.2 Å². The second-order valence-corrected chi connectivity index (χ2v) is 5.17. The fourth-order valence-electron chi connectivity index (χ4n) is 2.82. The first kappa shape index (κ1) is 12.8. The summed E-state index contributed by atoms with van der Waals surface area (Å²) in [5.41, 5.74) is 9.06. The zero-order chi connectivity index (χ0) is 12.3. The van der Waals surface area contributed by atoms with Gasteiger partial charge in [-0.2, -0.15) is 0 Å². The number of ether oxygens (including phenoxy) is 1. The molecule has 0 radical (unpaired) electrons. The van der Waals surface area contributed by atoms with Crippen LogP contribution < -0.4 is 11.2 Å². The van der Waals surface area contributed by atoms with Crippen molar-refractivity contribution in [3.63, 3.8) is 0 Å². The first-order valence-corrected chi connectivity index (χ1v) is 6.57. The van der Waals surface area contributed by atoms with E-state index in [-0.39, 0.29) is 17.9 Å². The van der Waals surface area contributed by atoms with Gasteiger partial charge in [0.15, 0.2) is 0 Å². The van der Waals surface area contributed by atoms with Crippen molar-refractivity contribution in [1.29, 1.82) is 0 Å². The Kier molecular flexibility index (Phi) is 4.36. The van der Waals surface area contributed by atoms with E-state index >= 15 is 0 Å². The van der Waals surface area contributed by atoms with Gasteiger partial charge in [0.2, 0.25) is 5.91 Å². The lowest BCUT2D eigenvalue weighted by atomic mass is 9.77. The minimum Gasteiger partial charge on any atom is -0.379 e. The average Bonchev–Trinajstić information content (AvgIpc) is 2.30. The Hall–Kier alpha value is -0.650. The Morgan fingerprint density at radius 1 is 1.35 bits per heavy atom. The molecule has 2 aliphatic rings. The van der Waals surface area contributed by atoms with Gasteiger partial charge in [0.05, 0.1) is 19.1 Å². The highest BCUT2D eigenvalue weighted by molar-refractivity contribution is 5.79. The largest absolute Gasteiger partial charge is 0.379 e. The molecule has 1 aliphatic carbocycles. The van der Waals surface area contributed by atoms with E-state index < -0.39 is 0 Å². The molecule has 0 spiro atoms. The fraction of sp³-hybridized carbons (Fsp3) is 0.917. The third kappa shape index (κ3) is 3.18. The topological polar surface area (TPSA) is 67.6 Å². The number of carbonyl (C=O) groups excluding carboxylic acids is 1. The molecule has 1 amide bonds. The predicted octanol–water partition coefficient (Wildman–Crippen LogP) is 0.113. The van der Waals surface area contributed by atoms with Crippen LogP contribution in [0.15, 0.2) is 0 Å². The van der Waals surface area contributed by atoms with Crippen molar-refractivity contribution >= 4 is 5.91 Å². The minimum absolute atomic E-state index is 0.0137. The molecule has 98 valence electrons. The maximum atomic E-state index is 12.2. The summed E-state index contributed by atoms with van der Waals surface area (Å²) in [5, 5.41) is 1.94. The van der Waals surface area contributed by atoms with E-state index in [1.54, 1.807) is 0 Å². The maximum Gasteiger partial charge on any atom is 0.239 e. The number of rotatable bonds is 2. The molecule has 0 aromatic heterocycles. The third-order valence-electron chi connectivity index (χ3n) is 3.85. The lowest BCUT2D eigenvalue weighted by Crippen LogP contribution is -2.54. The van der Waals surface area contributed by atoms with Gasteiger partial charge in [-0.15, -0.1) is 0 Å².